The first-order valence-electron chi connectivity index (χ1n) is 9.52. The molecular weight excluding hydrogens is 380 g/mol. The van der Waals surface area contributed by atoms with Gasteiger partial charge >= 0.3 is 5.69 Å². The fourth-order valence-electron chi connectivity index (χ4n) is 3.83. The van der Waals surface area contributed by atoms with Crippen LogP contribution in [0.4, 0.5) is 0 Å². The summed E-state index contributed by atoms with van der Waals surface area (Å²) in [6, 6.07) is 2.08. The largest absolute Gasteiger partial charge is 0.383 e. The maximum atomic E-state index is 12.8. The number of hydrogen-bond donors (Lipinski definition) is 1. The molecule has 1 saturated heterocycles. The van der Waals surface area contributed by atoms with E-state index in [0.29, 0.717) is 23.9 Å². The number of Topliss-reactive ketones (excluding diaryl/α,β-unsaturated/α-hetero) is 1. The van der Waals surface area contributed by atoms with E-state index in [2.05, 4.69) is 21.7 Å². The first kappa shape index (κ1) is 20.9. The van der Waals surface area contributed by atoms with Crippen LogP contribution >= 0.6 is 11.8 Å². The van der Waals surface area contributed by atoms with Gasteiger partial charge in [-0.1, -0.05) is 11.8 Å². The fraction of sp³-hybridized carbons (Fsp3) is 0.632. The summed E-state index contributed by atoms with van der Waals surface area (Å²) < 4.78 is 14.6. The van der Waals surface area contributed by atoms with Gasteiger partial charge in [-0.25, -0.2) is 9.89 Å². The lowest BCUT2D eigenvalue weighted by Gasteiger charge is -2.17. The van der Waals surface area contributed by atoms with Crippen molar-refractivity contribution in [3.05, 3.63) is 33.5 Å². The van der Waals surface area contributed by atoms with Gasteiger partial charge in [-0.2, -0.15) is 0 Å². The number of hydrogen-bond acceptors (Lipinski definition) is 6. The maximum Gasteiger partial charge on any atom is 0.344 e. The Labute approximate surface area is 168 Å². The number of rotatable bonds is 9. The molecule has 154 valence electrons. The quantitative estimate of drug-likeness (QED) is 0.506. The lowest BCUT2D eigenvalue weighted by atomic mass is 10.2. The van der Waals surface area contributed by atoms with Crippen LogP contribution in [0.25, 0.3) is 0 Å². The molecule has 28 heavy (non-hydrogen) atoms. The molecule has 2 atom stereocenters. The second-order valence-electron chi connectivity index (χ2n) is 7.23. The molecule has 3 rings (SSSR count). The van der Waals surface area contributed by atoms with Crippen LogP contribution in [-0.2, 0) is 16.0 Å². The van der Waals surface area contributed by atoms with Gasteiger partial charge in [0.05, 0.1) is 31.1 Å². The normalized spacial score (nSPS) is 17.9. The van der Waals surface area contributed by atoms with Gasteiger partial charge < -0.3 is 14.0 Å². The first-order chi connectivity index (χ1) is 13.4. The molecule has 0 aliphatic carbocycles. The number of aromatic nitrogens is 4. The molecule has 0 bridgehead atoms. The average molecular weight is 409 g/mol. The SMILES string of the molecule is COCC(C)n1c(C)cc(C(=O)CSc2n[nH]c(=O)n2CC2CCCO2)c1C. The predicted molar refractivity (Wildman–Crippen MR) is 107 cm³/mol. The molecule has 1 N–H and O–H groups in total. The van der Waals surface area contributed by atoms with Crippen molar-refractivity contribution in [2.24, 2.45) is 0 Å². The average Bonchev–Trinajstić information content (AvgIpc) is 3.35. The van der Waals surface area contributed by atoms with E-state index in [0.717, 1.165) is 30.8 Å². The lowest BCUT2D eigenvalue weighted by molar-refractivity contribution is 0.0941. The van der Waals surface area contributed by atoms with E-state index in [9.17, 15) is 9.59 Å². The van der Waals surface area contributed by atoms with E-state index in [4.69, 9.17) is 9.47 Å². The minimum Gasteiger partial charge on any atom is -0.383 e. The van der Waals surface area contributed by atoms with Crippen molar-refractivity contribution >= 4 is 17.5 Å². The first-order valence-corrected chi connectivity index (χ1v) is 10.5. The third-order valence-corrected chi connectivity index (χ3v) is 6.08. The summed E-state index contributed by atoms with van der Waals surface area (Å²) in [5.41, 5.74) is 2.41. The zero-order valence-electron chi connectivity index (χ0n) is 16.9. The summed E-state index contributed by atoms with van der Waals surface area (Å²) in [4.78, 5) is 24.9. The summed E-state index contributed by atoms with van der Waals surface area (Å²) in [6.07, 6.45) is 1.98. The summed E-state index contributed by atoms with van der Waals surface area (Å²) in [5.74, 6) is 0.242. The summed E-state index contributed by atoms with van der Waals surface area (Å²) in [5, 5.41) is 7.08. The van der Waals surface area contributed by atoms with Crippen molar-refractivity contribution < 1.29 is 14.3 Å². The molecule has 0 spiro atoms. The lowest BCUT2D eigenvalue weighted by Crippen LogP contribution is -2.25. The molecule has 2 unspecified atom stereocenters. The number of aryl methyl sites for hydroxylation is 1. The summed E-state index contributed by atoms with van der Waals surface area (Å²) >= 11 is 1.28. The van der Waals surface area contributed by atoms with Gasteiger partial charge in [0.1, 0.15) is 0 Å². The molecule has 3 heterocycles. The molecule has 0 aromatic carbocycles. The minimum atomic E-state index is -0.267. The van der Waals surface area contributed by atoms with E-state index in [-0.39, 0.29) is 29.4 Å². The molecule has 0 amide bonds. The van der Waals surface area contributed by atoms with Gasteiger partial charge in [-0.05, 0) is 39.7 Å². The van der Waals surface area contributed by atoms with E-state index < -0.39 is 0 Å². The molecule has 0 saturated carbocycles. The number of carbonyl (C=O) groups is 1. The van der Waals surface area contributed by atoms with Crippen molar-refractivity contribution in [2.45, 2.75) is 57.5 Å². The zero-order chi connectivity index (χ0) is 20.3. The zero-order valence-corrected chi connectivity index (χ0v) is 17.7. The number of carbonyl (C=O) groups excluding carboxylic acids is 1. The van der Waals surface area contributed by atoms with Crippen LogP contribution in [-0.4, -0.2) is 57.3 Å². The van der Waals surface area contributed by atoms with Crippen molar-refractivity contribution in [3.8, 4) is 0 Å². The number of H-pyrrole nitrogens is 1. The third kappa shape index (κ3) is 4.42. The predicted octanol–water partition coefficient (Wildman–Crippen LogP) is 2.35. The van der Waals surface area contributed by atoms with Crippen molar-refractivity contribution in [2.75, 3.05) is 26.1 Å². The number of methoxy groups -OCH3 is 1. The molecule has 9 heteroatoms. The number of nitrogens with zero attached hydrogens (tertiary/aromatic N) is 3. The van der Waals surface area contributed by atoms with Gasteiger partial charge in [0.15, 0.2) is 10.9 Å². The fourth-order valence-corrected chi connectivity index (χ4v) is 4.67. The number of ketones is 1. The van der Waals surface area contributed by atoms with Gasteiger partial charge in [0.2, 0.25) is 0 Å². The Balaban J connectivity index is 1.70. The molecule has 0 radical (unpaired) electrons. The topological polar surface area (TPSA) is 91.1 Å². The smallest absolute Gasteiger partial charge is 0.344 e. The van der Waals surface area contributed by atoms with Crippen LogP contribution in [0.5, 0.6) is 0 Å². The Bertz CT molecular complexity index is 879. The molecule has 2 aromatic heterocycles. The van der Waals surface area contributed by atoms with Gasteiger partial charge in [-0.3, -0.25) is 9.36 Å². The second kappa shape index (κ2) is 9.11. The Kier molecular flexibility index (Phi) is 6.79. The van der Waals surface area contributed by atoms with Crippen LogP contribution in [0, 0.1) is 13.8 Å². The molecule has 1 aliphatic heterocycles. The van der Waals surface area contributed by atoms with Crippen LogP contribution < -0.4 is 5.69 Å². The van der Waals surface area contributed by atoms with Gasteiger partial charge in [0, 0.05) is 30.7 Å². The Hall–Kier alpha value is -1.84. The standard InChI is InChI=1S/C19H28N4O4S/c1-12-8-16(14(3)23(12)13(2)10-26-4)17(24)11-28-19-21-20-18(25)22(19)9-15-6-5-7-27-15/h8,13,15H,5-7,9-11H2,1-4H3,(H,20,25). The monoisotopic (exact) mass is 408 g/mol. The number of aromatic amines is 1. The van der Waals surface area contributed by atoms with Crippen molar-refractivity contribution in [1.82, 2.24) is 19.3 Å². The van der Waals surface area contributed by atoms with E-state index in [1.165, 1.54) is 11.8 Å². The van der Waals surface area contributed by atoms with E-state index in [1.807, 2.05) is 19.9 Å². The highest BCUT2D eigenvalue weighted by Gasteiger charge is 2.22. The highest BCUT2D eigenvalue weighted by molar-refractivity contribution is 7.99. The second-order valence-corrected chi connectivity index (χ2v) is 8.17. The van der Waals surface area contributed by atoms with Crippen LogP contribution in [0.3, 0.4) is 0 Å². The number of nitrogens with one attached hydrogen (secondary N) is 1. The third-order valence-electron chi connectivity index (χ3n) is 5.10. The summed E-state index contributed by atoms with van der Waals surface area (Å²) in [6.45, 7) is 7.81. The Morgan fingerprint density at radius 3 is 2.96 bits per heavy atom. The Morgan fingerprint density at radius 1 is 1.50 bits per heavy atom. The maximum absolute atomic E-state index is 12.8. The number of ether oxygens (including phenoxy) is 2. The molecular formula is C19H28N4O4S. The molecule has 2 aromatic rings. The van der Waals surface area contributed by atoms with Crippen LogP contribution in [0.1, 0.15) is 47.6 Å². The van der Waals surface area contributed by atoms with Crippen molar-refractivity contribution in [1.29, 1.82) is 0 Å². The number of thioether (sulfide) groups is 1. The molecule has 8 nitrogen and oxygen atoms in total. The van der Waals surface area contributed by atoms with Crippen LogP contribution in [0.2, 0.25) is 0 Å². The highest BCUT2D eigenvalue weighted by Crippen LogP contribution is 2.24. The molecule has 1 aliphatic rings. The molecule has 1 fully saturated rings. The highest BCUT2D eigenvalue weighted by atomic mass is 32.2. The minimum absolute atomic E-state index is 0.0214. The van der Waals surface area contributed by atoms with E-state index >= 15 is 0 Å². The van der Waals surface area contributed by atoms with E-state index in [1.54, 1.807) is 11.7 Å². The van der Waals surface area contributed by atoms with Gasteiger partial charge in [-0.15, -0.1) is 5.10 Å². The van der Waals surface area contributed by atoms with Crippen LogP contribution in [0.15, 0.2) is 16.0 Å². The Morgan fingerprint density at radius 2 is 2.29 bits per heavy atom. The van der Waals surface area contributed by atoms with Crippen molar-refractivity contribution in [3.63, 3.8) is 0 Å². The summed E-state index contributed by atoms with van der Waals surface area (Å²) in [7, 11) is 1.67. The van der Waals surface area contributed by atoms with Gasteiger partial charge in [0.25, 0.3) is 0 Å².